The maximum atomic E-state index is 5.46. The van der Waals surface area contributed by atoms with Gasteiger partial charge in [0, 0.05) is 40.4 Å². The van der Waals surface area contributed by atoms with Crippen LogP contribution in [0.3, 0.4) is 0 Å². The van der Waals surface area contributed by atoms with Gasteiger partial charge in [-0.2, -0.15) is 0 Å². The Balaban J connectivity index is 0.00000243. The minimum absolute atomic E-state index is 0. The Morgan fingerprint density at radius 2 is 1.92 bits per heavy atom. The minimum Gasteiger partial charge on any atom is -0.381 e. The van der Waals surface area contributed by atoms with E-state index in [-0.39, 0.29) is 24.0 Å². The predicted molar refractivity (Wildman–Crippen MR) is 119 cm³/mol. The van der Waals surface area contributed by atoms with Crippen molar-refractivity contribution in [3.8, 4) is 0 Å². The molecule has 1 heterocycles. The number of halogens is 1. The fourth-order valence-electron chi connectivity index (χ4n) is 3.79. The number of nitrogens with one attached hydrogen (secondary N) is 1. The molecule has 0 unspecified atom stereocenters. The number of hydrogen-bond acceptors (Lipinski definition) is 2. The first kappa shape index (κ1) is 21.5. The second kappa shape index (κ2) is 10.5. The molecule has 146 valence electrons. The molecule has 0 spiro atoms. The van der Waals surface area contributed by atoms with Crippen molar-refractivity contribution in [1.82, 2.24) is 10.2 Å². The van der Waals surface area contributed by atoms with Gasteiger partial charge in [-0.05, 0) is 55.4 Å². The van der Waals surface area contributed by atoms with Gasteiger partial charge < -0.3 is 15.0 Å². The summed E-state index contributed by atoms with van der Waals surface area (Å²) in [5.74, 6) is 1.84. The van der Waals surface area contributed by atoms with E-state index < -0.39 is 0 Å². The lowest BCUT2D eigenvalue weighted by atomic mass is 9.96. The van der Waals surface area contributed by atoms with Crippen LogP contribution in [-0.4, -0.2) is 51.3 Å². The number of rotatable bonds is 7. The summed E-state index contributed by atoms with van der Waals surface area (Å²) in [6.07, 6.45) is 7.45. The molecule has 3 rings (SSSR count). The van der Waals surface area contributed by atoms with Gasteiger partial charge in [0.2, 0.25) is 0 Å². The Labute approximate surface area is 175 Å². The first-order valence-corrected chi connectivity index (χ1v) is 9.74. The van der Waals surface area contributed by atoms with E-state index >= 15 is 0 Å². The second-order valence-corrected chi connectivity index (χ2v) is 7.83. The average molecular weight is 471 g/mol. The summed E-state index contributed by atoms with van der Waals surface area (Å²) in [4.78, 5) is 6.78. The summed E-state index contributed by atoms with van der Waals surface area (Å²) in [6.45, 7) is 3.96. The van der Waals surface area contributed by atoms with Crippen LogP contribution >= 0.6 is 24.0 Å². The van der Waals surface area contributed by atoms with E-state index in [0.29, 0.717) is 5.41 Å². The molecule has 0 amide bonds. The van der Waals surface area contributed by atoms with Crippen molar-refractivity contribution in [3.63, 3.8) is 0 Å². The highest BCUT2D eigenvalue weighted by Gasteiger charge is 2.42. The zero-order chi connectivity index (χ0) is 17.5. The fraction of sp³-hybridized carbons (Fsp3) is 0.667. The molecule has 26 heavy (non-hydrogen) atoms. The Morgan fingerprint density at radius 1 is 1.23 bits per heavy atom. The zero-order valence-corrected chi connectivity index (χ0v) is 18.6. The second-order valence-electron chi connectivity index (χ2n) is 7.83. The lowest BCUT2D eigenvalue weighted by molar-refractivity contribution is 0.0625. The predicted octanol–water partition coefficient (Wildman–Crippen LogP) is 3.95. The van der Waals surface area contributed by atoms with Crippen LogP contribution in [-0.2, 0) is 11.2 Å². The molecule has 1 saturated heterocycles. The van der Waals surface area contributed by atoms with Gasteiger partial charge in [0.05, 0.1) is 0 Å². The van der Waals surface area contributed by atoms with E-state index in [2.05, 4.69) is 52.6 Å². The molecule has 0 atom stereocenters. The van der Waals surface area contributed by atoms with Crippen molar-refractivity contribution < 1.29 is 4.74 Å². The van der Waals surface area contributed by atoms with Gasteiger partial charge in [-0.15, -0.1) is 24.0 Å². The molecule has 2 fully saturated rings. The summed E-state index contributed by atoms with van der Waals surface area (Å²) >= 11 is 0. The Bertz CT molecular complexity index is 554. The first-order chi connectivity index (χ1) is 12.2. The largest absolute Gasteiger partial charge is 0.381 e. The van der Waals surface area contributed by atoms with E-state index in [4.69, 9.17) is 4.74 Å². The van der Waals surface area contributed by atoms with Crippen LogP contribution in [0.15, 0.2) is 35.3 Å². The molecule has 1 aromatic carbocycles. The normalized spacial score (nSPS) is 19.5. The van der Waals surface area contributed by atoms with E-state index in [9.17, 15) is 0 Å². The van der Waals surface area contributed by atoms with Crippen molar-refractivity contribution in [2.45, 2.75) is 38.5 Å². The molecular weight excluding hydrogens is 437 g/mol. The van der Waals surface area contributed by atoms with E-state index in [1.165, 1.54) is 44.1 Å². The Morgan fingerprint density at radius 3 is 2.54 bits per heavy atom. The van der Waals surface area contributed by atoms with Crippen LogP contribution in [0.5, 0.6) is 0 Å². The van der Waals surface area contributed by atoms with Crippen molar-refractivity contribution in [1.29, 1.82) is 0 Å². The Hall–Kier alpha value is -0.820. The molecule has 5 heteroatoms. The highest BCUT2D eigenvalue weighted by atomic mass is 127. The number of hydrogen-bond donors (Lipinski definition) is 1. The van der Waals surface area contributed by atoms with E-state index in [1.54, 1.807) is 0 Å². The summed E-state index contributed by atoms with van der Waals surface area (Å²) < 4.78 is 5.46. The summed E-state index contributed by atoms with van der Waals surface area (Å²) in [6, 6.07) is 10.9. The summed E-state index contributed by atoms with van der Waals surface area (Å²) in [7, 11) is 4.05. The lowest BCUT2D eigenvalue weighted by Gasteiger charge is -2.28. The third-order valence-electron chi connectivity index (χ3n) is 5.79. The molecule has 0 aromatic heterocycles. The summed E-state index contributed by atoms with van der Waals surface area (Å²) in [5, 5.41) is 3.63. The van der Waals surface area contributed by atoms with Gasteiger partial charge in [0.25, 0.3) is 0 Å². The average Bonchev–Trinajstić information content (AvgIpc) is 3.41. The molecule has 4 nitrogen and oxygen atoms in total. The Kier molecular flexibility index (Phi) is 8.67. The topological polar surface area (TPSA) is 36.9 Å². The van der Waals surface area contributed by atoms with Gasteiger partial charge >= 0.3 is 0 Å². The van der Waals surface area contributed by atoms with Crippen molar-refractivity contribution >= 4 is 29.9 Å². The first-order valence-electron chi connectivity index (χ1n) is 9.74. The quantitative estimate of drug-likeness (QED) is 0.372. The lowest BCUT2D eigenvalue weighted by Crippen LogP contribution is -2.42. The zero-order valence-electron chi connectivity index (χ0n) is 16.2. The van der Waals surface area contributed by atoms with Gasteiger partial charge in [-0.3, -0.25) is 4.99 Å². The number of ether oxygens (including phenoxy) is 1. The van der Waals surface area contributed by atoms with Crippen LogP contribution in [0.2, 0.25) is 0 Å². The monoisotopic (exact) mass is 471 g/mol. The van der Waals surface area contributed by atoms with Gasteiger partial charge in [0.1, 0.15) is 0 Å². The van der Waals surface area contributed by atoms with Crippen LogP contribution in [0.1, 0.15) is 37.7 Å². The summed E-state index contributed by atoms with van der Waals surface area (Å²) in [5.41, 5.74) is 1.88. The number of aliphatic imine (C=N–C) groups is 1. The van der Waals surface area contributed by atoms with Crippen molar-refractivity contribution in [2.24, 2.45) is 16.3 Å². The molecule has 1 aliphatic carbocycles. The van der Waals surface area contributed by atoms with E-state index in [1.807, 2.05) is 7.05 Å². The molecule has 1 aliphatic heterocycles. The smallest absolute Gasteiger partial charge is 0.193 e. The highest BCUT2D eigenvalue weighted by Crippen LogP contribution is 2.47. The number of nitrogens with zero attached hydrogens (tertiary/aromatic N) is 2. The SMILES string of the molecule is CN=C(NCC1(Cc2ccccc2)CC1)N(C)CCC1CCOCC1.I. The fourth-order valence-corrected chi connectivity index (χ4v) is 3.79. The molecule has 2 aliphatic rings. The standard InChI is InChI=1S/C21H33N3O.HI/c1-22-20(24(2)13-8-18-9-14-25-15-10-18)23-17-21(11-12-21)16-19-6-4-3-5-7-19;/h3-7,18H,8-17H2,1-2H3,(H,22,23);1H. The minimum atomic E-state index is 0. The highest BCUT2D eigenvalue weighted by molar-refractivity contribution is 14.0. The van der Waals surface area contributed by atoms with E-state index in [0.717, 1.165) is 38.2 Å². The molecule has 1 aromatic rings. The molecule has 0 bridgehead atoms. The number of benzene rings is 1. The maximum absolute atomic E-state index is 5.46. The molecular formula is C21H34IN3O. The maximum Gasteiger partial charge on any atom is 0.193 e. The molecule has 1 saturated carbocycles. The molecule has 1 N–H and O–H groups in total. The third-order valence-corrected chi connectivity index (χ3v) is 5.79. The van der Waals surface area contributed by atoms with Crippen molar-refractivity contribution in [2.75, 3.05) is 40.4 Å². The number of guanidine groups is 1. The van der Waals surface area contributed by atoms with Gasteiger partial charge in [-0.25, -0.2) is 0 Å². The van der Waals surface area contributed by atoms with Crippen LogP contribution in [0.25, 0.3) is 0 Å². The van der Waals surface area contributed by atoms with Gasteiger partial charge in [0.15, 0.2) is 5.96 Å². The van der Waals surface area contributed by atoms with Gasteiger partial charge in [-0.1, -0.05) is 30.3 Å². The van der Waals surface area contributed by atoms with Crippen LogP contribution in [0.4, 0.5) is 0 Å². The van der Waals surface area contributed by atoms with Crippen LogP contribution in [0, 0.1) is 11.3 Å². The molecule has 0 radical (unpaired) electrons. The van der Waals surface area contributed by atoms with Crippen LogP contribution < -0.4 is 5.32 Å². The van der Waals surface area contributed by atoms with Crippen molar-refractivity contribution in [3.05, 3.63) is 35.9 Å². The third kappa shape index (κ3) is 6.41.